The van der Waals surface area contributed by atoms with Gasteiger partial charge in [0, 0.05) is 30.3 Å². The summed E-state index contributed by atoms with van der Waals surface area (Å²) in [7, 11) is 0. The average molecular weight is 440 g/mol. The van der Waals surface area contributed by atoms with Crippen LogP contribution >= 0.6 is 0 Å². The molecular weight excluding hydrogens is 409 g/mol. The van der Waals surface area contributed by atoms with Crippen LogP contribution in [0.15, 0.2) is 54.6 Å². The van der Waals surface area contributed by atoms with Crippen LogP contribution in [0.3, 0.4) is 0 Å². The van der Waals surface area contributed by atoms with Crippen LogP contribution in [0.1, 0.15) is 53.8 Å². The Morgan fingerprint density at radius 2 is 1.66 bits per heavy atom. The Hall–Kier alpha value is -3.22. The molecule has 3 rings (SSSR count). The molecule has 170 valence electrons. The van der Waals surface area contributed by atoms with E-state index in [4.69, 9.17) is 0 Å². The Morgan fingerprint density at radius 1 is 1.00 bits per heavy atom. The molecule has 2 aromatic rings. The molecule has 3 amide bonds. The van der Waals surface area contributed by atoms with E-state index in [1.807, 2.05) is 19.9 Å². The zero-order chi connectivity index (χ0) is 23.1. The number of hydrogen-bond acceptors (Lipinski definition) is 3. The monoisotopic (exact) mass is 439 g/mol. The van der Waals surface area contributed by atoms with E-state index in [-0.39, 0.29) is 29.7 Å². The molecule has 1 aliphatic heterocycles. The zero-order valence-corrected chi connectivity index (χ0v) is 18.5. The maximum absolute atomic E-state index is 13.5. The number of carbonyl (C=O) groups is 3. The van der Waals surface area contributed by atoms with Crippen LogP contribution in [-0.2, 0) is 4.79 Å². The number of benzene rings is 2. The van der Waals surface area contributed by atoms with Crippen LogP contribution in [-0.4, -0.2) is 47.8 Å². The molecule has 1 heterocycles. The summed E-state index contributed by atoms with van der Waals surface area (Å²) in [4.78, 5) is 40.2. The highest BCUT2D eigenvalue weighted by molar-refractivity contribution is 5.97. The number of likely N-dealkylation sites (tertiary alicyclic amines) is 1. The Kier molecular flexibility index (Phi) is 7.98. The number of carbonyl (C=O) groups excluding carboxylic acids is 3. The van der Waals surface area contributed by atoms with Gasteiger partial charge < -0.3 is 15.5 Å². The van der Waals surface area contributed by atoms with Gasteiger partial charge in [-0.25, -0.2) is 4.39 Å². The van der Waals surface area contributed by atoms with E-state index >= 15 is 0 Å². The molecule has 0 unspecified atom stereocenters. The molecule has 7 heteroatoms. The molecule has 0 spiro atoms. The second-order valence-electron chi connectivity index (χ2n) is 8.28. The Balaban J connectivity index is 1.69. The first-order valence-electron chi connectivity index (χ1n) is 11.1. The van der Waals surface area contributed by atoms with Gasteiger partial charge in [-0.1, -0.05) is 31.2 Å². The second kappa shape index (κ2) is 10.9. The molecule has 6 nitrogen and oxygen atoms in total. The van der Waals surface area contributed by atoms with Crippen LogP contribution in [0.5, 0.6) is 0 Å². The summed E-state index contributed by atoms with van der Waals surface area (Å²) in [5.74, 6) is -1.29. The molecule has 2 N–H and O–H groups in total. The summed E-state index contributed by atoms with van der Waals surface area (Å²) in [6.45, 7) is 4.79. The number of hydrogen-bond donors (Lipinski definition) is 2. The minimum atomic E-state index is -0.692. The molecule has 32 heavy (non-hydrogen) atoms. The lowest BCUT2D eigenvalue weighted by atomic mass is 9.88. The van der Waals surface area contributed by atoms with E-state index < -0.39 is 11.9 Å². The van der Waals surface area contributed by atoms with Crippen LogP contribution < -0.4 is 10.6 Å². The molecule has 2 atom stereocenters. The lowest BCUT2D eigenvalue weighted by Crippen LogP contribution is -2.55. The standard InChI is InChI=1S/C25H30FN3O3/c1-3-17(2)27-24(31)22(28-23(30)19-8-5-4-6-9-19)18-12-14-29(15-13-18)25(32)20-10-7-11-21(26)16-20/h4-11,16-18,22H,3,12-15H2,1-2H3,(H,27,31)(H,28,30)/t17-,22-/m1/s1. The Morgan fingerprint density at radius 3 is 2.28 bits per heavy atom. The summed E-state index contributed by atoms with van der Waals surface area (Å²) >= 11 is 0. The maximum Gasteiger partial charge on any atom is 0.253 e. The van der Waals surface area contributed by atoms with Crippen molar-refractivity contribution in [3.05, 3.63) is 71.5 Å². The van der Waals surface area contributed by atoms with E-state index in [9.17, 15) is 18.8 Å². The SMILES string of the molecule is CC[C@@H](C)NC(=O)[C@H](NC(=O)c1ccccc1)C1CCN(C(=O)c2cccc(F)c2)CC1. The Labute approximate surface area is 188 Å². The number of halogens is 1. The fraction of sp³-hybridized carbons (Fsp3) is 0.400. The van der Waals surface area contributed by atoms with E-state index in [0.717, 1.165) is 6.42 Å². The molecule has 2 aromatic carbocycles. The highest BCUT2D eigenvalue weighted by Crippen LogP contribution is 2.23. The topological polar surface area (TPSA) is 78.5 Å². The molecular formula is C25H30FN3O3. The van der Waals surface area contributed by atoms with Crippen molar-refractivity contribution in [2.75, 3.05) is 13.1 Å². The van der Waals surface area contributed by atoms with Crippen molar-refractivity contribution in [1.29, 1.82) is 0 Å². The van der Waals surface area contributed by atoms with Crippen molar-refractivity contribution in [1.82, 2.24) is 15.5 Å². The van der Waals surface area contributed by atoms with E-state index in [0.29, 0.717) is 37.1 Å². The first kappa shape index (κ1) is 23.4. The van der Waals surface area contributed by atoms with E-state index in [2.05, 4.69) is 10.6 Å². The van der Waals surface area contributed by atoms with Gasteiger partial charge in [0.05, 0.1) is 0 Å². The van der Waals surface area contributed by atoms with Gasteiger partial charge in [0.2, 0.25) is 5.91 Å². The maximum atomic E-state index is 13.5. The molecule has 1 saturated heterocycles. The number of amides is 3. The van der Waals surface area contributed by atoms with Crippen molar-refractivity contribution in [2.45, 2.75) is 45.2 Å². The molecule has 0 saturated carbocycles. The van der Waals surface area contributed by atoms with Crippen molar-refractivity contribution < 1.29 is 18.8 Å². The summed E-state index contributed by atoms with van der Waals surface area (Å²) in [6, 6.07) is 13.8. The quantitative estimate of drug-likeness (QED) is 0.694. The van der Waals surface area contributed by atoms with Crippen LogP contribution in [0, 0.1) is 11.7 Å². The summed E-state index contributed by atoms with van der Waals surface area (Å²) in [6.07, 6.45) is 1.91. The van der Waals surface area contributed by atoms with Gasteiger partial charge in [0.1, 0.15) is 11.9 Å². The van der Waals surface area contributed by atoms with E-state index in [1.54, 1.807) is 35.2 Å². The predicted octanol–water partition coefficient (Wildman–Crippen LogP) is 3.39. The summed E-state index contributed by atoms with van der Waals surface area (Å²) in [5.41, 5.74) is 0.805. The second-order valence-corrected chi connectivity index (χ2v) is 8.28. The smallest absolute Gasteiger partial charge is 0.253 e. The number of nitrogens with one attached hydrogen (secondary N) is 2. The van der Waals surface area contributed by atoms with Crippen LogP contribution in [0.4, 0.5) is 4.39 Å². The van der Waals surface area contributed by atoms with Gasteiger partial charge in [-0.15, -0.1) is 0 Å². The highest BCUT2D eigenvalue weighted by atomic mass is 19.1. The predicted molar refractivity (Wildman–Crippen MR) is 121 cm³/mol. The number of rotatable bonds is 7. The highest BCUT2D eigenvalue weighted by Gasteiger charge is 2.34. The third-order valence-electron chi connectivity index (χ3n) is 5.98. The molecule has 0 radical (unpaired) electrons. The largest absolute Gasteiger partial charge is 0.352 e. The lowest BCUT2D eigenvalue weighted by Gasteiger charge is -2.36. The average Bonchev–Trinajstić information content (AvgIpc) is 2.82. The minimum Gasteiger partial charge on any atom is -0.352 e. The first-order valence-corrected chi connectivity index (χ1v) is 11.1. The van der Waals surface area contributed by atoms with Gasteiger partial charge in [-0.05, 0) is 62.4 Å². The minimum absolute atomic E-state index is 0.00623. The van der Waals surface area contributed by atoms with Gasteiger partial charge in [-0.2, -0.15) is 0 Å². The Bertz CT molecular complexity index is 942. The third kappa shape index (κ3) is 5.93. The summed E-state index contributed by atoms with van der Waals surface area (Å²) < 4.78 is 13.5. The fourth-order valence-corrected chi connectivity index (χ4v) is 3.89. The molecule has 1 aliphatic rings. The molecule has 0 bridgehead atoms. The van der Waals surface area contributed by atoms with Gasteiger partial charge >= 0.3 is 0 Å². The van der Waals surface area contributed by atoms with Crippen molar-refractivity contribution >= 4 is 17.7 Å². The van der Waals surface area contributed by atoms with Gasteiger partial charge in [-0.3, -0.25) is 14.4 Å². The van der Waals surface area contributed by atoms with Crippen molar-refractivity contribution in [3.63, 3.8) is 0 Å². The normalized spacial score (nSPS) is 16.2. The van der Waals surface area contributed by atoms with Crippen LogP contribution in [0.25, 0.3) is 0 Å². The zero-order valence-electron chi connectivity index (χ0n) is 18.5. The number of nitrogens with zero attached hydrogens (tertiary/aromatic N) is 1. The van der Waals surface area contributed by atoms with Crippen molar-refractivity contribution in [2.24, 2.45) is 5.92 Å². The third-order valence-corrected chi connectivity index (χ3v) is 5.98. The fourth-order valence-electron chi connectivity index (χ4n) is 3.89. The van der Waals surface area contributed by atoms with Gasteiger partial charge in [0.15, 0.2) is 0 Å². The first-order chi connectivity index (χ1) is 15.4. The molecule has 0 aliphatic carbocycles. The lowest BCUT2D eigenvalue weighted by molar-refractivity contribution is -0.125. The summed E-state index contributed by atoms with van der Waals surface area (Å²) in [5, 5.41) is 5.89. The molecule has 0 aromatic heterocycles. The van der Waals surface area contributed by atoms with Gasteiger partial charge in [0.25, 0.3) is 11.8 Å². The number of piperidine rings is 1. The van der Waals surface area contributed by atoms with Crippen molar-refractivity contribution in [3.8, 4) is 0 Å². The molecule has 1 fully saturated rings. The van der Waals surface area contributed by atoms with E-state index in [1.165, 1.54) is 18.2 Å². The van der Waals surface area contributed by atoms with Crippen LogP contribution in [0.2, 0.25) is 0 Å².